The molecule has 0 fully saturated rings. The van der Waals surface area contributed by atoms with Crippen LogP contribution in [0.3, 0.4) is 0 Å². The van der Waals surface area contributed by atoms with Crippen LogP contribution >= 0.6 is 35.6 Å². The van der Waals surface area contributed by atoms with Gasteiger partial charge >= 0.3 is 5.97 Å². The number of thiol groups is 1. The molecule has 2 nitrogen and oxygen atoms in total. The van der Waals surface area contributed by atoms with E-state index in [1.165, 1.54) is 16.9 Å². The molecule has 0 bridgehead atoms. The van der Waals surface area contributed by atoms with Gasteiger partial charge in [0.25, 0.3) is 0 Å². The van der Waals surface area contributed by atoms with Gasteiger partial charge < -0.3 is 5.11 Å². The highest BCUT2D eigenvalue weighted by Crippen LogP contribution is 2.22. The van der Waals surface area contributed by atoms with E-state index in [0.717, 1.165) is 21.9 Å². The molecule has 5 heteroatoms. The van der Waals surface area contributed by atoms with Crippen LogP contribution in [0.25, 0.3) is 6.08 Å². The van der Waals surface area contributed by atoms with Crippen molar-refractivity contribution in [3.8, 4) is 0 Å². The summed E-state index contributed by atoms with van der Waals surface area (Å²) >= 11 is 11.2. The van der Waals surface area contributed by atoms with E-state index in [-0.39, 0.29) is 4.91 Å². The first-order valence-electron chi connectivity index (χ1n) is 5.50. The average molecular weight is 311 g/mol. The van der Waals surface area contributed by atoms with Gasteiger partial charge in [-0.3, -0.25) is 0 Å². The van der Waals surface area contributed by atoms with Gasteiger partial charge in [-0.2, -0.15) is 0 Å². The van der Waals surface area contributed by atoms with Crippen LogP contribution in [-0.2, 0) is 11.2 Å². The predicted octanol–water partition coefficient (Wildman–Crippen LogP) is 4.35. The van der Waals surface area contributed by atoms with Crippen LogP contribution in [-0.4, -0.2) is 11.1 Å². The van der Waals surface area contributed by atoms with E-state index in [2.05, 4.69) is 12.6 Å². The van der Waals surface area contributed by atoms with Crippen molar-refractivity contribution in [2.24, 2.45) is 0 Å². The van der Waals surface area contributed by atoms with E-state index in [4.69, 9.17) is 16.7 Å². The molecule has 0 aliphatic heterocycles. The highest BCUT2D eigenvalue weighted by Gasteiger charge is 2.04. The Balaban J connectivity index is 2.11. The summed E-state index contributed by atoms with van der Waals surface area (Å²) in [5, 5.41) is 11.5. The fourth-order valence-electron chi connectivity index (χ4n) is 1.60. The van der Waals surface area contributed by atoms with Gasteiger partial charge in [0.1, 0.15) is 0 Å². The average Bonchev–Trinajstić information content (AvgIpc) is 2.79. The van der Waals surface area contributed by atoms with Crippen molar-refractivity contribution < 1.29 is 9.90 Å². The zero-order valence-electron chi connectivity index (χ0n) is 9.84. The van der Waals surface area contributed by atoms with Gasteiger partial charge in [0.15, 0.2) is 0 Å². The summed E-state index contributed by atoms with van der Waals surface area (Å²) in [7, 11) is 0. The molecule has 2 aromatic rings. The third-order valence-electron chi connectivity index (χ3n) is 2.49. The predicted molar refractivity (Wildman–Crippen MR) is 83.2 cm³/mol. The van der Waals surface area contributed by atoms with E-state index >= 15 is 0 Å². The number of carbonyl (C=O) groups is 1. The minimum atomic E-state index is -1.02. The maximum atomic E-state index is 10.7. The van der Waals surface area contributed by atoms with Crippen molar-refractivity contribution in [3.63, 3.8) is 0 Å². The van der Waals surface area contributed by atoms with Crippen molar-refractivity contribution in [1.29, 1.82) is 0 Å². The highest BCUT2D eigenvalue weighted by atomic mass is 35.5. The number of carboxylic acids is 1. The van der Waals surface area contributed by atoms with Gasteiger partial charge in [0.2, 0.25) is 0 Å². The Morgan fingerprint density at radius 3 is 2.63 bits per heavy atom. The molecule has 0 aliphatic rings. The van der Waals surface area contributed by atoms with Crippen LogP contribution < -0.4 is 0 Å². The molecule has 0 spiro atoms. The Morgan fingerprint density at radius 1 is 1.32 bits per heavy atom. The Bertz CT molecular complexity index is 615. The summed E-state index contributed by atoms with van der Waals surface area (Å²) in [6, 6.07) is 9.66. The summed E-state index contributed by atoms with van der Waals surface area (Å²) < 4.78 is 0. The number of benzene rings is 1. The molecular weight excluding hydrogens is 300 g/mol. The Kier molecular flexibility index (Phi) is 4.69. The van der Waals surface area contributed by atoms with E-state index < -0.39 is 5.97 Å². The zero-order valence-corrected chi connectivity index (χ0v) is 12.3. The smallest absolute Gasteiger partial charge is 0.341 e. The van der Waals surface area contributed by atoms with Crippen LogP contribution in [0.5, 0.6) is 0 Å². The molecule has 0 saturated heterocycles. The lowest BCUT2D eigenvalue weighted by Crippen LogP contribution is -1.92. The van der Waals surface area contributed by atoms with Gasteiger partial charge in [-0.25, -0.2) is 4.79 Å². The van der Waals surface area contributed by atoms with Gasteiger partial charge in [-0.1, -0.05) is 23.7 Å². The molecule has 0 atom stereocenters. The Morgan fingerprint density at radius 2 is 2.00 bits per heavy atom. The van der Waals surface area contributed by atoms with Crippen molar-refractivity contribution >= 4 is 47.6 Å². The number of carboxylic acid groups (broad SMARTS) is 1. The molecule has 1 aromatic heterocycles. The third kappa shape index (κ3) is 4.13. The van der Waals surface area contributed by atoms with Gasteiger partial charge in [-0.05, 0) is 47.2 Å². The molecule has 0 radical (unpaired) electrons. The molecule has 0 aliphatic carbocycles. The highest BCUT2D eigenvalue weighted by molar-refractivity contribution is 7.85. The van der Waals surface area contributed by atoms with Crippen molar-refractivity contribution in [2.75, 3.05) is 0 Å². The second-order valence-corrected chi connectivity index (χ2v) is 5.86. The molecule has 98 valence electrons. The van der Waals surface area contributed by atoms with E-state index in [0.29, 0.717) is 0 Å². The second kappa shape index (κ2) is 6.28. The van der Waals surface area contributed by atoms with Crippen LogP contribution in [0.4, 0.5) is 0 Å². The number of hydrogen-bond acceptors (Lipinski definition) is 3. The lowest BCUT2D eigenvalue weighted by Gasteiger charge is -1.98. The monoisotopic (exact) mass is 310 g/mol. The summed E-state index contributed by atoms with van der Waals surface area (Å²) in [5.41, 5.74) is 2.31. The maximum Gasteiger partial charge on any atom is 0.341 e. The molecule has 0 unspecified atom stereocenters. The number of hydrogen-bond donors (Lipinski definition) is 2. The van der Waals surface area contributed by atoms with Gasteiger partial charge in [0, 0.05) is 9.90 Å². The Labute approximate surface area is 125 Å². The van der Waals surface area contributed by atoms with E-state index in [1.807, 2.05) is 35.7 Å². The van der Waals surface area contributed by atoms with Crippen LogP contribution in [0, 0.1) is 0 Å². The molecule has 1 aromatic carbocycles. The molecule has 1 heterocycles. The normalized spacial score (nSPS) is 11.6. The summed E-state index contributed by atoms with van der Waals surface area (Å²) in [5.74, 6) is -1.02. The van der Waals surface area contributed by atoms with Crippen molar-refractivity contribution in [2.45, 2.75) is 6.42 Å². The number of thiophene rings is 1. The molecule has 0 saturated carbocycles. The molecule has 2 rings (SSSR count). The topological polar surface area (TPSA) is 37.3 Å². The first-order valence-corrected chi connectivity index (χ1v) is 7.21. The largest absolute Gasteiger partial charge is 0.477 e. The van der Waals surface area contributed by atoms with Gasteiger partial charge in [-0.15, -0.1) is 24.0 Å². The second-order valence-electron chi connectivity index (χ2n) is 4.00. The molecule has 0 amide bonds. The summed E-state index contributed by atoms with van der Waals surface area (Å²) in [6.45, 7) is 0. The van der Waals surface area contributed by atoms with Crippen LogP contribution in [0.2, 0.25) is 5.02 Å². The molecular formula is C14H11ClO2S2. The zero-order chi connectivity index (χ0) is 13.8. The quantitative estimate of drug-likeness (QED) is 0.651. The fraction of sp³-hybridized carbons (Fsp3) is 0.0714. The van der Waals surface area contributed by atoms with Gasteiger partial charge in [0.05, 0.1) is 4.91 Å². The van der Waals surface area contributed by atoms with Crippen molar-refractivity contribution in [3.05, 3.63) is 61.6 Å². The van der Waals surface area contributed by atoms with Crippen LogP contribution in [0.1, 0.15) is 16.0 Å². The SMILES string of the molecule is O=C(O)/C(S)=C/c1cc(Cc2ccc(Cl)cc2)cs1. The minimum absolute atomic E-state index is 0.0416. The van der Waals surface area contributed by atoms with E-state index in [1.54, 1.807) is 6.08 Å². The first-order chi connectivity index (χ1) is 9.04. The van der Waals surface area contributed by atoms with Crippen molar-refractivity contribution in [1.82, 2.24) is 0 Å². The number of rotatable bonds is 4. The summed E-state index contributed by atoms with van der Waals surface area (Å²) in [6.07, 6.45) is 2.36. The molecule has 1 N–H and O–H groups in total. The summed E-state index contributed by atoms with van der Waals surface area (Å²) in [4.78, 5) is 11.6. The standard InChI is InChI=1S/C14H11ClO2S2/c15-11-3-1-9(2-4-11)5-10-6-12(19-8-10)7-13(18)14(16)17/h1-4,6-8,18H,5H2,(H,16,17)/b13-7-. The third-order valence-corrected chi connectivity index (χ3v) is 3.99. The Hall–Kier alpha value is -1.23. The van der Waals surface area contributed by atoms with Crippen LogP contribution in [0.15, 0.2) is 40.6 Å². The van der Waals surface area contributed by atoms with E-state index in [9.17, 15) is 4.79 Å². The molecule has 19 heavy (non-hydrogen) atoms. The lowest BCUT2D eigenvalue weighted by atomic mass is 10.1. The lowest BCUT2D eigenvalue weighted by molar-refractivity contribution is -0.131. The minimum Gasteiger partial charge on any atom is -0.477 e. The maximum absolute atomic E-state index is 10.7. The number of halogens is 1. The first kappa shape index (κ1) is 14.2. The fourth-order valence-corrected chi connectivity index (χ4v) is 2.79. The number of aliphatic carboxylic acids is 1.